The van der Waals surface area contributed by atoms with Crippen LogP contribution < -0.4 is 14.4 Å². The molecule has 7 nitrogen and oxygen atoms in total. The summed E-state index contributed by atoms with van der Waals surface area (Å²) in [4.78, 5) is 32.6. The van der Waals surface area contributed by atoms with Crippen molar-refractivity contribution in [3.05, 3.63) is 88.5 Å². The number of ketones is 1. The van der Waals surface area contributed by atoms with Crippen molar-refractivity contribution in [1.29, 1.82) is 0 Å². The average Bonchev–Trinajstić information content (AvgIpc) is 3.41. The number of ether oxygens (including phenoxy) is 2. The Balaban J connectivity index is 1.75. The van der Waals surface area contributed by atoms with Crippen LogP contribution in [-0.4, -0.2) is 36.0 Å². The van der Waals surface area contributed by atoms with Crippen molar-refractivity contribution in [1.82, 2.24) is 4.98 Å². The van der Waals surface area contributed by atoms with Crippen LogP contribution >= 0.6 is 22.9 Å². The van der Waals surface area contributed by atoms with E-state index in [-0.39, 0.29) is 11.3 Å². The SMILES string of the molecule is COc1ccc(C2C(=C(O)c3ccccc3)C(=O)C(=O)N2c2nc3ccc(Cl)cc3s2)cc1OC. The Morgan fingerprint density at radius 3 is 2.46 bits per heavy atom. The summed E-state index contributed by atoms with van der Waals surface area (Å²) in [5.41, 5.74) is 1.58. The first-order valence-electron chi connectivity index (χ1n) is 10.6. The topological polar surface area (TPSA) is 89.0 Å². The van der Waals surface area contributed by atoms with Crippen LogP contribution in [0.1, 0.15) is 17.2 Å². The van der Waals surface area contributed by atoms with Crippen LogP contribution in [0.25, 0.3) is 16.0 Å². The Morgan fingerprint density at radius 2 is 1.74 bits per heavy atom. The van der Waals surface area contributed by atoms with Gasteiger partial charge in [-0.25, -0.2) is 4.98 Å². The van der Waals surface area contributed by atoms with Crippen molar-refractivity contribution in [2.45, 2.75) is 6.04 Å². The van der Waals surface area contributed by atoms with Gasteiger partial charge in [-0.05, 0) is 35.9 Å². The number of aliphatic hydroxyl groups is 1. The second kappa shape index (κ2) is 9.05. The molecule has 0 aliphatic carbocycles. The number of amides is 1. The number of nitrogens with zero attached hydrogens (tertiary/aromatic N) is 2. The molecule has 1 fully saturated rings. The molecule has 1 saturated heterocycles. The van der Waals surface area contributed by atoms with Gasteiger partial charge in [-0.15, -0.1) is 0 Å². The highest BCUT2D eigenvalue weighted by molar-refractivity contribution is 7.22. The molecule has 1 unspecified atom stereocenters. The lowest BCUT2D eigenvalue weighted by Gasteiger charge is -2.23. The van der Waals surface area contributed by atoms with Crippen molar-refractivity contribution in [3.63, 3.8) is 0 Å². The zero-order valence-electron chi connectivity index (χ0n) is 18.7. The first-order valence-corrected chi connectivity index (χ1v) is 11.8. The Bertz CT molecular complexity index is 1500. The van der Waals surface area contributed by atoms with Crippen molar-refractivity contribution < 1.29 is 24.2 Å². The summed E-state index contributed by atoms with van der Waals surface area (Å²) in [7, 11) is 3.02. The molecule has 0 spiro atoms. The molecule has 0 radical (unpaired) electrons. The quantitative estimate of drug-likeness (QED) is 0.215. The molecular formula is C26H19ClN2O5S. The number of hydrogen-bond donors (Lipinski definition) is 1. The predicted octanol–water partition coefficient (Wildman–Crippen LogP) is 5.59. The molecule has 0 saturated carbocycles. The molecule has 35 heavy (non-hydrogen) atoms. The van der Waals surface area contributed by atoms with Gasteiger partial charge in [0.1, 0.15) is 5.76 Å². The molecule has 5 rings (SSSR count). The predicted molar refractivity (Wildman–Crippen MR) is 135 cm³/mol. The number of carbonyl (C=O) groups excluding carboxylic acids is 2. The maximum atomic E-state index is 13.4. The summed E-state index contributed by atoms with van der Waals surface area (Å²) in [6, 6.07) is 18.0. The van der Waals surface area contributed by atoms with Crippen LogP contribution in [0, 0.1) is 0 Å². The second-order valence-corrected chi connectivity index (χ2v) is 9.20. The van der Waals surface area contributed by atoms with Crippen molar-refractivity contribution in [2.24, 2.45) is 0 Å². The molecule has 0 bridgehead atoms. The summed E-state index contributed by atoms with van der Waals surface area (Å²) in [6.07, 6.45) is 0. The number of halogens is 1. The Hall–Kier alpha value is -3.88. The largest absolute Gasteiger partial charge is 0.507 e. The van der Waals surface area contributed by atoms with E-state index in [4.69, 9.17) is 21.1 Å². The fourth-order valence-electron chi connectivity index (χ4n) is 4.11. The Kier molecular flexibility index (Phi) is 5.92. The van der Waals surface area contributed by atoms with E-state index in [9.17, 15) is 14.7 Å². The molecule has 2 heterocycles. The molecule has 1 aromatic heterocycles. The highest BCUT2D eigenvalue weighted by atomic mass is 35.5. The zero-order chi connectivity index (χ0) is 24.7. The number of aromatic nitrogens is 1. The minimum absolute atomic E-state index is 0.0364. The molecule has 1 aliphatic rings. The first-order chi connectivity index (χ1) is 16.9. The third kappa shape index (κ3) is 3.90. The summed E-state index contributed by atoms with van der Waals surface area (Å²) >= 11 is 7.37. The van der Waals surface area contributed by atoms with Gasteiger partial charge in [-0.3, -0.25) is 14.5 Å². The van der Waals surface area contributed by atoms with Gasteiger partial charge >= 0.3 is 5.91 Å². The third-order valence-corrected chi connectivity index (χ3v) is 7.01. The first kappa shape index (κ1) is 22.9. The molecule has 1 atom stereocenters. The van der Waals surface area contributed by atoms with Crippen molar-refractivity contribution in [3.8, 4) is 11.5 Å². The lowest BCUT2D eigenvalue weighted by molar-refractivity contribution is -0.132. The second-order valence-electron chi connectivity index (χ2n) is 7.76. The number of carbonyl (C=O) groups is 2. The van der Waals surface area contributed by atoms with E-state index in [2.05, 4.69) is 4.98 Å². The van der Waals surface area contributed by atoms with Crippen molar-refractivity contribution >= 4 is 55.7 Å². The maximum absolute atomic E-state index is 13.4. The normalized spacial score (nSPS) is 17.2. The number of aliphatic hydroxyl groups excluding tert-OH is 1. The van der Waals surface area contributed by atoms with Gasteiger partial charge in [-0.2, -0.15) is 0 Å². The molecule has 4 aromatic rings. The van der Waals surface area contributed by atoms with Gasteiger partial charge < -0.3 is 14.6 Å². The van der Waals surface area contributed by atoms with Crippen LogP contribution in [0.15, 0.2) is 72.3 Å². The molecule has 176 valence electrons. The average molecular weight is 507 g/mol. The molecule has 1 N–H and O–H groups in total. The summed E-state index contributed by atoms with van der Waals surface area (Å²) in [6.45, 7) is 0. The van der Waals surface area contributed by atoms with E-state index in [1.807, 2.05) is 0 Å². The number of anilines is 1. The standard InChI is InChI=1S/C26H19ClN2O5S/c1-33-18-11-8-15(12-19(18)34-2)22-21(23(30)14-6-4-3-5-7-14)24(31)25(32)29(22)26-28-17-10-9-16(27)13-20(17)35-26/h3-13,22,30H,1-2H3. The molecule has 1 aliphatic heterocycles. The number of benzene rings is 3. The number of methoxy groups -OCH3 is 2. The van der Waals surface area contributed by atoms with Gasteiger partial charge in [0.05, 0.1) is 36.1 Å². The molecule has 1 amide bonds. The highest BCUT2D eigenvalue weighted by Crippen LogP contribution is 2.46. The van der Waals surface area contributed by atoms with E-state index in [1.54, 1.807) is 66.7 Å². The highest BCUT2D eigenvalue weighted by Gasteiger charge is 2.48. The number of rotatable bonds is 5. The van der Waals surface area contributed by atoms with Gasteiger partial charge in [-0.1, -0.05) is 59.3 Å². The van der Waals surface area contributed by atoms with Crippen molar-refractivity contribution in [2.75, 3.05) is 19.1 Å². The van der Waals surface area contributed by atoms with Crippen LogP contribution in [-0.2, 0) is 9.59 Å². The number of fused-ring (bicyclic) bond motifs is 1. The van der Waals surface area contributed by atoms with E-state index >= 15 is 0 Å². The minimum Gasteiger partial charge on any atom is -0.507 e. The summed E-state index contributed by atoms with van der Waals surface area (Å²) < 4.78 is 11.6. The van der Waals surface area contributed by atoms with E-state index in [1.165, 1.54) is 30.5 Å². The molecule has 9 heteroatoms. The Morgan fingerprint density at radius 1 is 1.00 bits per heavy atom. The lowest BCUT2D eigenvalue weighted by Crippen LogP contribution is -2.29. The van der Waals surface area contributed by atoms with Gasteiger partial charge in [0.15, 0.2) is 16.6 Å². The zero-order valence-corrected chi connectivity index (χ0v) is 20.3. The maximum Gasteiger partial charge on any atom is 0.301 e. The van der Waals surface area contributed by atoms with Crippen LogP contribution in [0.5, 0.6) is 11.5 Å². The smallest absolute Gasteiger partial charge is 0.301 e. The summed E-state index contributed by atoms with van der Waals surface area (Å²) in [5.74, 6) is -0.941. The van der Waals surface area contributed by atoms with Crippen LogP contribution in [0.4, 0.5) is 5.13 Å². The van der Waals surface area contributed by atoms with E-state index in [0.29, 0.717) is 38.3 Å². The third-order valence-electron chi connectivity index (χ3n) is 5.76. The Labute approximate surface area is 209 Å². The lowest BCUT2D eigenvalue weighted by atomic mass is 9.95. The number of Topliss-reactive ketones (excluding diaryl/α,β-unsaturated/α-hetero) is 1. The fraction of sp³-hybridized carbons (Fsp3) is 0.115. The number of hydrogen-bond acceptors (Lipinski definition) is 7. The van der Waals surface area contributed by atoms with E-state index < -0.39 is 17.7 Å². The van der Waals surface area contributed by atoms with Crippen LogP contribution in [0.3, 0.4) is 0 Å². The van der Waals surface area contributed by atoms with Crippen LogP contribution in [0.2, 0.25) is 5.02 Å². The van der Waals surface area contributed by atoms with Gasteiger partial charge in [0.2, 0.25) is 0 Å². The van der Waals surface area contributed by atoms with Gasteiger partial charge in [0, 0.05) is 10.6 Å². The number of thiazole rings is 1. The fourth-order valence-corrected chi connectivity index (χ4v) is 5.38. The molecule has 3 aromatic carbocycles. The van der Waals surface area contributed by atoms with Gasteiger partial charge in [0.25, 0.3) is 5.78 Å². The summed E-state index contributed by atoms with van der Waals surface area (Å²) in [5, 5.41) is 12.1. The monoisotopic (exact) mass is 506 g/mol. The molecular weight excluding hydrogens is 488 g/mol. The minimum atomic E-state index is -0.939. The van der Waals surface area contributed by atoms with E-state index in [0.717, 1.165) is 4.70 Å².